The lowest BCUT2D eigenvalue weighted by Gasteiger charge is -2.36. The molecular weight excluding hydrogens is 366 g/mol. The molecule has 4 aliphatic heterocycles. The molecule has 0 radical (unpaired) electrons. The van der Waals surface area contributed by atoms with Gasteiger partial charge in [0.25, 0.3) is 5.91 Å². The van der Waals surface area contributed by atoms with E-state index in [0.29, 0.717) is 23.8 Å². The number of unbranched alkanes of at least 4 members (excludes halogenated alkanes) is 1. The van der Waals surface area contributed by atoms with Gasteiger partial charge in [-0.05, 0) is 31.9 Å². The molecule has 0 aliphatic carbocycles. The third-order valence-corrected chi connectivity index (χ3v) is 7.12. The minimum absolute atomic E-state index is 0.0613. The number of benzene rings is 1. The van der Waals surface area contributed by atoms with Crippen molar-refractivity contribution in [1.29, 1.82) is 0 Å². The summed E-state index contributed by atoms with van der Waals surface area (Å²) in [6.45, 7) is 3.19. The molecular formula is C20H22ClN3O3. The fourth-order valence-electron chi connectivity index (χ4n) is 5.79. The van der Waals surface area contributed by atoms with Crippen molar-refractivity contribution in [3.63, 3.8) is 0 Å². The van der Waals surface area contributed by atoms with Gasteiger partial charge in [0.15, 0.2) is 0 Å². The van der Waals surface area contributed by atoms with Crippen LogP contribution in [0.1, 0.15) is 38.2 Å². The number of anilines is 1. The van der Waals surface area contributed by atoms with Crippen molar-refractivity contribution in [2.24, 2.45) is 11.8 Å². The number of nitrogens with zero attached hydrogens (tertiary/aromatic N) is 2. The van der Waals surface area contributed by atoms with E-state index in [1.165, 1.54) is 4.90 Å². The standard InChI is InChI=1S/C20H22ClN3O3/c1-2-3-9-23-17(25)14-13-8-5-10-24(13)20(15(14)18(23)26)11-6-4-7-12(21)16(11)22-19(20)27/h4,6-7,13-15H,2-3,5,8-10H2,1H3,(H,22,27). The largest absolute Gasteiger partial charge is 0.323 e. The topological polar surface area (TPSA) is 69.7 Å². The van der Waals surface area contributed by atoms with Crippen molar-refractivity contribution < 1.29 is 14.4 Å². The van der Waals surface area contributed by atoms with Crippen molar-refractivity contribution in [2.75, 3.05) is 18.4 Å². The average molecular weight is 388 g/mol. The molecule has 1 N–H and O–H groups in total. The molecule has 1 spiro atoms. The lowest BCUT2D eigenvalue weighted by molar-refractivity contribution is -0.145. The fraction of sp³-hybridized carbons (Fsp3) is 0.550. The number of hydrogen-bond donors (Lipinski definition) is 1. The Morgan fingerprint density at radius 1 is 1.26 bits per heavy atom. The van der Waals surface area contributed by atoms with Gasteiger partial charge >= 0.3 is 0 Å². The van der Waals surface area contributed by atoms with Crippen LogP contribution in [0, 0.1) is 11.8 Å². The first kappa shape index (κ1) is 17.2. The second kappa shape index (κ2) is 5.79. The van der Waals surface area contributed by atoms with Crippen LogP contribution in [0.25, 0.3) is 0 Å². The minimum Gasteiger partial charge on any atom is -0.323 e. The molecule has 6 nitrogen and oxygen atoms in total. The summed E-state index contributed by atoms with van der Waals surface area (Å²) in [7, 11) is 0. The minimum atomic E-state index is -1.11. The quantitative estimate of drug-likeness (QED) is 0.808. The molecule has 7 heteroatoms. The van der Waals surface area contributed by atoms with Gasteiger partial charge in [-0.25, -0.2) is 0 Å². The van der Waals surface area contributed by atoms with E-state index in [0.717, 1.165) is 31.2 Å². The van der Waals surface area contributed by atoms with Crippen LogP contribution in [-0.4, -0.2) is 46.7 Å². The molecule has 5 rings (SSSR count). The van der Waals surface area contributed by atoms with Gasteiger partial charge < -0.3 is 5.32 Å². The predicted molar refractivity (Wildman–Crippen MR) is 100 cm³/mol. The lowest BCUT2D eigenvalue weighted by atomic mass is 9.75. The first-order valence-corrected chi connectivity index (χ1v) is 10.1. The van der Waals surface area contributed by atoms with Crippen molar-refractivity contribution in [3.05, 3.63) is 28.8 Å². The normalized spacial score (nSPS) is 34.4. The van der Waals surface area contributed by atoms with Crippen LogP contribution >= 0.6 is 11.6 Å². The smallest absolute Gasteiger partial charge is 0.250 e. The highest BCUT2D eigenvalue weighted by Crippen LogP contribution is 2.60. The molecule has 1 aromatic rings. The van der Waals surface area contributed by atoms with Crippen molar-refractivity contribution >= 4 is 35.0 Å². The highest BCUT2D eigenvalue weighted by molar-refractivity contribution is 6.35. The molecule has 27 heavy (non-hydrogen) atoms. The van der Waals surface area contributed by atoms with Crippen LogP contribution in [0.5, 0.6) is 0 Å². The first-order chi connectivity index (χ1) is 13.0. The molecule has 3 saturated heterocycles. The highest BCUT2D eigenvalue weighted by Gasteiger charge is 2.74. The monoisotopic (exact) mass is 387 g/mol. The summed E-state index contributed by atoms with van der Waals surface area (Å²) in [6.07, 6.45) is 3.46. The number of fused-ring (bicyclic) bond motifs is 7. The number of carbonyl (C=O) groups is 3. The Labute approximate surface area is 162 Å². The summed E-state index contributed by atoms with van der Waals surface area (Å²) in [5, 5.41) is 3.39. The number of carbonyl (C=O) groups excluding carboxylic acids is 3. The summed E-state index contributed by atoms with van der Waals surface area (Å²) in [4.78, 5) is 43.5. The van der Waals surface area contributed by atoms with Crippen LogP contribution in [0.2, 0.25) is 5.02 Å². The fourth-order valence-corrected chi connectivity index (χ4v) is 6.01. The molecule has 0 bridgehead atoms. The van der Waals surface area contributed by atoms with Crippen LogP contribution in [0.4, 0.5) is 5.69 Å². The highest BCUT2D eigenvalue weighted by atomic mass is 35.5. The maximum Gasteiger partial charge on any atom is 0.250 e. The molecule has 4 aliphatic rings. The van der Waals surface area contributed by atoms with E-state index in [2.05, 4.69) is 10.2 Å². The Morgan fingerprint density at radius 3 is 2.85 bits per heavy atom. The van der Waals surface area contributed by atoms with Crippen molar-refractivity contribution in [2.45, 2.75) is 44.2 Å². The summed E-state index contributed by atoms with van der Waals surface area (Å²) >= 11 is 6.35. The average Bonchev–Trinajstić information content (AvgIpc) is 3.34. The molecule has 1 aromatic carbocycles. The van der Waals surface area contributed by atoms with Crippen LogP contribution in [-0.2, 0) is 19.9 Å². The number of para-hydroxylation sites is 1. The number of likely N-dealkylation sites (tertiary alicyclic amines) is 1. The zero-order chi connectivity index (χ0) is 18.9. The number of hydrogen-bond acceptors (Lipinski definition) is 4. The van der Waals surface area contributed by atoms with Crippen LogP contribution in [0.3, 0.4) is 0 Å². The van der Waals surface area contributed by atoms with E-state index >= 15 is 0 Å². The molecule has 3 amide bonds. The molecule has 3 fully saturated rings. The molecule has 4 unspecified atom stereocenters. The molecule has 142 valence electrons. The van der Waals surface area contributed by atoms with Crippen molar-refractivity contribution in [3.8, 4) is 0 Å². The van der Waals surface area contributed by atoms with Gasteiger partial charge in [0.2, 0.25) is 11.8 Å². The lowest BCUT2D eigenvalue weighted by Crippen LogP contribution is -2.54. The van der Waals surface area contributed by atoms with Gasteiger partial charge in [-0.3, -0.25) is 24.2 Å². The van der Waals surface area contributed by atoms with Crippen LogP contribution in [0.15, 0.2) is 18.2 Å². The van der Waals surface area contributed by atoms with E-state index < -0.39 is 17.4 Å². The van der Waals surface area contributed by atoms with E-state index in [4.69, 9.17) is 11.6 Å². The van der Waals surface area contributed by atoms with E-state index in [1.807, 2.05) is 19.1 Å². The van der Waals surface area contributed by atoms with Gasteiger partial charge in [0.05, 0.1) is 22.5 Å². The Bertz CT molecular complexity index is 872. The van der Waals surface area contributed by atoms with Gasteiger partial charge in [-0.1, -0.05) is 37.1 Å². The summed E-state index contributed by atoms with van der Waals surface area (Å²) < 4.78 is 0. The zero-order valence-electron chi connectivity index (χ0n) is 15.2. The SMILES string of the molecule is CCCCN1C(=O)C2C3CCCN3C3(C(=O)Nc4c(Cl)cccc43)C2C1=O. The number of amides is 3. The number of halogens is 1. The Hall–Kier alpha value is -1.92. The molecule has 0 saturated carbocycles. The van der Waals surface area contributed by atoms with E-state index in [1.54, 1.807) is 6.07 Å². The predicted octanol–water partition coefficient (Wildman–Crippen LogP) is 2.37. The van der Waals surface area contributed by atoms with Crippen molar-refractivity contribution in [1.82, 2.24) is 9.80 Å². The summed E-state index contributed by atoms with van der Waals surface area (Å²) in [5.41, 5.74) is 0.223. The third-order valence-electron chi connectivity index (χ3n) is 6.80. The van der Waals surface area contributed by atoms with E-state index in [-0.39, 0.29) is 23.8 Å². The van der Waals surface area contributed by atoms with Gasteiger partial charge in [0, 0.05) is 18.2 Å². The van der Waals surface area contributed by atoms with Gasteiger partial charge in [0.1, 0.15) is 5.54 Å². The number of imide groups is 1. The van der Waals surface area contributed by atoms with E-state index in [9.17, 15) is 14.4 Å². The Kier molecular flexibility index (Phi) is 3.69. The van der Waals surface area contributed by atoms with Gasteiger partial charge in [-0.2, -0.15) is 0 Å². The van der Waals surface area contributed by atoms with Crippen LogP contribution < -0.4 is 5.32 Å². The maximum atomic E-state index is 13.4. The molecule has 4 heterocycles. The Morgan fingerprint density at radius 2 is 2.07 bits per heavy atom. The first-order valence-electron chi connectivity index (χ1n) is 9.75. The zero-order valence-corrected chi connectivity index (χ0v) is 16.0. The molecule has 4 atom stereocenters. The number of nitrogens with one attached hydrogen (secondary N) is 1. The maximum absolute atomic E-state index is 13.4. The Balaban J connectivity index is 1.70. The second-order valence-corrected chi connectivity index (χ2v) is 8.38. The van der Waals surface area contributed by atoms with Gasteiger partial charge in [-0.15, -0.1) is 0 Å². The molecule has 0 aromatic heterocycles. The third kappa shape index (κ3) is 1.93. The summed E-state index contributed by atoms with van der Waals surface area (Å²) in [5.74, 6) is -1.62. The summed E-state index contributed by atoms with van der Waals surface area (Å²) in [6, 6.07) is 5.37. The second-order valence-electron chi connectivity index (χ2n) is 7.97. The number of rotatable bonds is 3.